The summed E-state index contributed by atoms with van der Waals surface area (Å²) in [6.45, 7) is 0.536. The highest BCUT2D eigenvalue weighted by Gasteiger charge is 2.14. The van der Waals surface area contributed by atoms with E-state index in [1.807, 2.05) is 28.8 Å². The molecular formula is C20H21ClN4O3. The summed E-state index contributed by atoms with van der Waals surface area (Å²) in [6.07, 6.45) is 0.498. The molecule has 7 nitrogen and oxygen atoms in total. The maximum atomic E-state index is 12.5. The summed E-state index contributed by atoms with van der Waals surface area (Å²) >= 11 is 5.88. The average molecular weight is 401 g/mol. The Hall–Kier alpha value is -2.90. The van der Waals surface area contributed by atoms with E-state index in [0.29, 0.717) is 23.7 Å². The van der Waals surface area contributed by atoms with Crippen LogP contribution in [0.25, 0.3) is 11.0 Å². The molecule has 0 radical (unpaired) electrons. The lowest BCUT2D eigenvalue weighted by Crippen LogP contribution is -2.30. The number of ether oxygens (including phenoxy) is 1. The number of nitrogens with one attached hydrogen (secondary N) is 2. The van der Waals surface area contributed by atoms with Crippen molar-refractivity contribution in [1.82, 2.24) is 14.9 Å². The third-order valence-corrected chi connectivity index (χ3v) is 4.36. The summed E-state index contributed by atoms with van der Waals surface area (Å²) in [7, 11) is 1.47. The van der Waals surface area contributed by atoms with Gasteiger partial charge in [-0.3, -0.25) is 9.59 Å². The van der Waals surface area contributed by atoms with Crippen LogP contribution in [-0.4, -0.2) is 41.6 Å². The third kappa shape index (κ3) is 5.09. The highest BCUT2D eigenvalue weighted by atomic mass is 35.5. The standard InChI is InChI=1S/C20H21ClN4O3/c1-28-13-20(27)22-11-10-18-24-16-4-2-3-5-17(16)25(18)12-19(26)23-15-8-6-14(21)7-9-15/h2-9H,10-13H2,1H3,(H,22,27)(H,23,26). The van der Waals surface area contributed by atoms with Crippen molar-refractivity contribution in [2.45, 2.75) is 13.0 Å². The van der Waals surface area contributed by atoms with E-state index in [-0.39, 0.29) is 25.0 Å². The van der Waals surface area contributed by atoms with Gasteiger partial charge in [0.15, 0.2) is 0 Å². The van der Waals surface area contributed by atoms with Crippen molar-refractivity contribution in [2.24, 2.45) is 0 Å². The Kier molecular flexibility index (Phi) is 6.62. The molecule has 0 bridgehead atoms. The third-order valence-electron chi connectivity index (χ3n) is 4.11. The number of nitrogens with zero attached hydrogens (tertiary/aromatic N) is 2. The van der Waals surface area contributed by atoms with Crippen LogP contribution in [0.2, 0.25) is 5.02 Å². The fourth-order valence-electron chi connectivity index (χ4n) is 2.87. The Balaban J connectivity index is 1.73. The molecule has 0 aliphatic carbocycles. The number of hydrogen-bond donors (Lipinski definition) is 2. The number of anilines is 1. The number of methoxy groups -OCH3 is 1. The minimum absolute atomic E-state index is 0.0138. The van der Waals surface area contributed by atoms with Gasteiger partial charge in [-0.15, -0.1) is 0 Å². The number of carbonyl (C=O) groups is 2. The van der Waals surface area contributed by atoms with Gasteiger partial charge in [-0.05, 0) is 36.4 Å². The van der Waals surface area contributed by atoms with Gasteiger partial charge in [0.2, 0.25) is 11.8 Å². The molecule has 2 N–H and O–H groups in total. The summed E-state index contributed by atoms with van der Waals surface area (Å²) in [5, 5.41) is 6.24. The van der Waals surface area contributed by atoms with Gasteiger partial charge in [0, 0.05) is 30.8 Å². The minimum Gasteiger partial charge on any atom is -0.375 e. The van der Waals surface area contributed by atoms with Gasteiger partial charge < -0.3 is 19.9 Å². The Labute approximate surface area is 167 Å². The molecule has 2 aromatic carbocycles. The number of rotatable bonds is 8. The molecule has 0 atom stereocenters. The monoisotopic (exact) mass is 400 g/mol. The number of para-hydroxylation sites is 2. The van der Waals surface area contributed by atoms with Gasteiger partial charge in [0.05, 0.1) is 11.0 Å². The van der Waals surface area contributed by atoms with Crippen molar-refractivity contribution in [1.29, 1.82) is 0 Å². The number of imidazole rings is 1. The topological polar surface area (TPSA) is 85.2 Å². The summed E-state index contributed by atoms with van der Waals surface area (Å²) in [4.78, 5) is 28.7. The van der Waals surface area contributed by atoms with Crippen molar-refractivity contribution in [3.8, 4) is 0 Å². The van der Waals surface area contributed by atoms with Gasteiger partial charge in [-0.2, -0.15) is 0 Å². The highest BCUT2D eigenvalue weighted by Crippen LogP contribution is 2.17. The van der Waals surface area contributed by atoms with Crippen LogP contribution in [0.15, 0.2) is 48.5 Å². The second-order valence-electron chi connectivity index (χ2n) is 6.19. The number of aromatic nitrogens is 2. The zero-order valence-electron chi connectivity index (χ0n) is 15.4. The fraction of sp³-hybridized carbons (Fsp3) is 0.250. The summed E-state index contributed by atoms with van der Waals surface area (Å²) in [6, 6.07) is 14.6. The van der Waals surface area contributed by atoms with Crippen LogP contribution in [0.5, 0.6) is 0 Å². The number of halogens is 1. The molecule has 1 heterocycles. The second-order valence-corrected chi connectivity index (χ2v) is 6.63. The first kappa shape index (κ1) is 19.9. The van der Waals surface area contributed by atoms with Crippen LogP contribution in [0.3, 0.4) is 0 Å². The molecule has 28 heavy (non-hydrogen) atoms. The van der Waals surface area contributed by atoms with Crippen LogP contribution >= 0.6 is 11.6 Å². The first-order valence-electron chi connectivity index (χ1n) is 8.82. The molecule has 0 fully saturated rings. The molecule has 146 valence electrons. The van der Waals surface area contributed by atoms with E-state index in [9.17, 15) is 9.59 Å². The normalized spacial score (nSPS) is 10.8. The Morgan fingerprint density at radius 1 is 1.11 bits per heavy atom. The lowest BCUT2D eigenvalue weighted by Gasteiger charge is -2.11. The molecule has 3 aromatic rings. The van der Waals surface area contributed by atoms with Gasteiger partial charge in [0.1, 0.15) is 19.0 Å². The molecule has 0 unspecified atom stereocenters. The van der Waals surface area contributed by atoms with Gasteiger partial charge >= 0.3 is 0 Å². The molecule has 0 saturated carbocycles. The van der Waals surface area contributed by atoms with Crippen molar-refractivity contribution in [2.75, 3.05) is 25.6 Å². The lowest BCUT2D eigenvalue weighted by molar-refractivity contribution is -0.124. The van der Waals surface area contributed by atoms with E-state index < -0.39 is 0 Å². The fourth-order valence-corrected chi connectivity index (χ4v) is 2.99. The van der Waals surface area contributed by atoms with Crippen molar-refractivity contribution in [3.05, 3.63) is 59.4 Å². The molecule has 8 heteroatoms. The molecule has 0 aliphatic heterocycles. The predicted octanol–water partition coefficient (Wildman–Crippen LogP) is 2.63. The molecule has 3 rings (SSSR count). The van der Waals surface area contributed by atoms with Crippen LogP contribution in [-0.2, 0) is 27.3 Å². The number of carbonyl (C=O) groups excluding carboxylic acids is 2. The first-order valence-corrected chi connectivity index (χ1v) is 9.20. The molecule has 2 amide bonds. The van der Waals surface area contributed by atoms with Gasteiger partial charge in [-0.25, -0.2) is 4.98 Å². The zero-order chi connectivity index (χ0) is 19.9. The van der Waals surface area contributed by atoms with E-state index in [0.717, 1.165) is 16.9 Å². The van der Waals surface area contributed by atoms with Gasteiger partial charge in [-0.1, -0.05) is 23.7 Å². The van der Waals surface area contributed by atoms with Crippen LogP contribution in [0.1, 0.15) is 5.82 Å². The maximum absolute atomic E-state index is 12.5. The molecule has 0 saturated heterocycles. The van der Waals surface area contributed by atoms with Crippen molar-refractivity contribution < 1.29 is 14.3 Å². The Morgan fingerprint density at radius 3 is 2.61 bits per heavy atom. The second kappa shape index (κ2) is 9.34. The quantitative estimate of drug-likeness (QED) is 0.608. The van der Waals surface area contributed by atoms with E-state index in [4.69, 9.17) is 16.3 Å². The van der Waals surface area contributed by atoms with Crippen molar-refractivity contribution >= 4 is 40.1 Å². The predicted molar refractivity (Wildman–Crippen MR) is 108 cm³/mol. The molecule has 1 aromatic heterocycles. The van der Waals surface area contributed by atoms with E-state index in [1.165, 1.54) is 7.11 Å². The zero-order valence-corrected chi connectivity index (χ0v) is 16.2. The number of hydrogen-bond acceptors (Lipinski definition) is 4. The van der Waals surface area contributed by atoms with Gasteiger partial charge in [0.25, 0.3) is 0 Å². The first-order chi connectivity index (χ1) is 13.6. The number of fused-ring (bicyclic) bond motifs is 1. The SMILES string of the molecule is COCC(=O)NCCc1nc2ccccc2n1CC(=O)Nc1ccc(Cl)cc1. The van der Waals surface area contributed by atoms with E-state index >= 15 is 0 Å². The molecule has 0 aliphatic rings. The van der Waals surface area contributed by atoms with Crippen LogP contribution in [0.4, 0.5) is 5.69 Å². The van der Waals surface area contributed by atoms with Crippen LogP contribution < -0.4 is 10.6 Å². The minimum atomic E-state index is -0.189. The molecule has 0 spiro atoms. The largest absolute Gasteiger partial charge is 0.375 e. The summed E-state index contributed by atoms with van der Waals surface area (Å²) in [5.74, 6) is 0.367. The maximum Gasteiger partial charge on any atom is 0.245 e. The van der Waals surface area contributed by atoms with Crippen molar-refractivity contribution in [3.63, 3.8) is 0 Å². The van der Waals surface area contributed by atoms with E-state index in [2.05, 4.69) is 15.6 Å². The smallest absolute Gasteiger partial charge is 0.245 e. The lowest BCUT2D eigenvalue weighted by atomic mass is 10.3. The Bertz CT molecular complexity index is 969. The van der Waals surface area contributed by atoms with E-state index in [1.54, 1.807) is 24.3 Å². The summed E-state index contributed by atoms with van der Waals surface area (Å²) in [5.41, 5.74) is 2.35. The molecular weight excluding hydrogens is 380 g/mol. The van der Waals surface area contributed by atoms with Crippen LogP contribution in [0, 0.1) is 0 Å². The highest BCUT2D eigenvalue weighted by molar-refractivity contribution is 6.30. The number of amides is 2. The average Bonchev–Trinajstić information content (AvgIpc) is 3.01. The Morgan fingerprint density at radius 2 is 1.86 bits per heavy atom. The summed E-state index contributed by atoms with van der Waals surface area (Å²) < 4.78 is 6.66. The number of benzene rings is 2.